The fourth-order valence-corrected chi connectivity index (χ4v) is 8.46. The van der Waals surface area contributed by atoms with Crippen LogP contribution in [0.2, 0.25) is 0 Å². The van der Waals surface area contributed by atoms with Crippen molar-refractivity contribution >= 4 is 38.0 Å². The van der Waals surface area contributed by atoms with Gasteiger partial charge in [0.1, 0.15) is 6.61 Å². The first-order valence-electron chi connectivity index (χ1n) is 11.5. The molecule has 0 N–H and O–H groups in total. The highest BCUT2D eigenvalue weighted by Gasteiger charge is 2.58. The van der Waals surface area contributed by atoms with Crippen LogP contribution in [0.15, 0.2) is 106 Å². The number of carbonyl (C=O) groups is 1. The van der Waals surface area contributed by atoms with E-state index in [1.54, 1.807) is 91.0 Å². The molecule has 0 saturated heterocycles. The van der Waals surface area contributed by atoms with Gasteiger partial charge in [0, 0.05) is 20.6 Å². The molecule has 0 unspecified atom stereocenters. The molecule has 0 radical (unpaired) electrons. The molecule has 0 bridgehead atoms. The minimum atomic E-state index is -5.86. The molecule has 12 heteroatoms. The summed E-state index contributed by atoms with van der Waals surface area (Å²) in [5.41, 5.74) is 0. The van der Waals surface area contributed by atoms with Crippen LogP contribution in [-0.4, -0.2) is 58.6 Å². The molecular weight excluding hydrogens is 562 g/mol. The van der Waals surface area contributed by atoms with E-state index in [2.05, 4.69) is 4.74 Å². The zero-order valence-electron chi connectivity index (χ0n) is 20.2. The summed E-state index contributed by atoms with van der Waals surface area (Å²) in [5.74, 6) is -1.95. The highest BCUT2D eigenvalue weighted by molar-refractivity contribution is 8.33. The van der Waals surface area contributed by atoms with Crippen molar-refractivity contribution < 1.29 is 39.8 Å². The Hall–Kier alpha value is -2.54. The SMILES string of the molecule is O=C(OCCOCCOCCCl)C(F)(F)S(=O)(=O)OS(c1ccccc1)(c1ccccc1)c1ccccc1. The van der Waals surface area contributed by atoms with E-state index in [9.17, 15) is 13.2 Å². The Bertz CT molecular complexity index is 1150. The van der Waals surface area contributed by atoms with Crippen LogP contribution in [-0.2, 0) is 32.8 Å². The lowest BCUT2D eigenvalue weighted by atomic mass is 10.4. The second kappa shape index (κ2) is 14.0. The summed E-state index contributed by atoms with van der Waals surface area (Å²) in [7, 11) is -9.13. The smallest absolute Gasteiger partial charge is 0.458 e. The Morgan fingerprint density at radius 1 is 0.684 bits per heavy atom. The molecule has 0 aliphatic carbocycles. The minimum Gasteiger partial charge on any atom is -0.458 e. The van der Waals surface area contributed by atoms with Crippen molar-refractivity contribution in [3.63, 3.8) is 0 Å². The van der Waals surface area contributed by atoms with Crippen molar-refractivity contribution in [3.8, 4) is 0 Å². The summed E-state index contributed by atoms with van der Waals surface area (Å²) >= 11 is 5.47. The number of hydrogen-bond donors (Lipinski definition) is 0. The van der Waals surface area contributed by atoms with Gasteiger partial charge in [-0.15, -0.1) is 11.6 Å². The molecule has 0 aliphatic rings. The maximum absolute atomic E-state index is 15.1. The molecule has 0 atom stereocenters. The van der Waals surface area contributed by atoms with Crippen LogP contribution in [0.1, 0.15) is 0 Å². The third kappa shape index (κ3) is 7.10. The predicted octanol–water partition coefficient (Wildman–Crippen LogP) is 5.64. The lowest BCUT2D eigenvalue weighted by molar-refractivity contribution is -0.162. The molecule has 0 aromatic heterocycles. The summed E-state index contributed by atoms with van der Waals surface area (Å²) < 4.78 is 76.8. The van der Waals surface area contributed by atoms with Crippen molar-refractivity contribution in [2.45, 2.75) is 19.9 Å². The maximum Gasteiger partial charge on any atom is 0.466 e. The van der Waals surface area contributed by atoms with Crippen LogP contribution >= 0.6 is 21.9 Å². The third-order valence-electron chi connectivity index (χ3n) is 5.02. The molecular formula is C26H27ClF2O7S2. The number of esters is 1. The summed E-state index contributed by atoms with van der Waals surface area (Å²) in [5, 5.41) is -4.99. The van der Waals surface area contributed by atoms with Gasteiger partial charge in [0.25, 0.3) is 0 Å². The number of halogens is 3. The molecule has 0 heterocycles. The zero-order valence-corrected chi connectivity index (χ0v) is 22.6. The first-order chi connectivity index (χ1) is 18.3. The standard InChI is InChI=1S/C26H27ClF2O7S2/c27-16-17-33-18-19-34-20-21-35-25(30)26(28,29)38(31,32)36-37(22-10-4-1-5-11-22,23-12-6-2-7-13-23)24-14-8-3-9-15-24/h1-15H,16-21H2. The fourth-order valence-electron chi connectivity index (χ4n) is 3.30. The minimum absolute atomic E-state index is 0.114. The molecule has 0 fully saturated rings. The largest absolute Gasteiger partial charge is 0.466 e. The second-order valence-electron chi connectivity index (χ2n) is 7.58. The summed E-state index contributed by atoms with van der Waals surface area (Å²) in [6.07, 6.45) is 0. The Labute approximate surface area is 227 Å². The summed E-state index contributed by atoms with van der Waals surface area (Å²) in [6, 6.07) is 24.5. The van der Waals surface area contributed by atoms with Gasteiger partial charge in [0.05, 0.1) is 26.4 Å². The van der Waals surface area contributed by atoms with Crippen LogP contribution in [0.5, 0.6) is 0 Å². The average Bonchev–Trinajstić information content (AvgIpc) is 2.94. The maximum atomic E-state index is 15.1. The van der Waals surface area contributed by atoms with Gasteiger partial charge in [-0.2, -0.15) is 17.2 Å². The van der Waals surface area contributed by atoms with Crippen molar-refractivity contribution in [2.24, 2.45) is 0 Å². The van der Waals surface area contributed by atoms with Crippen LogP contribution in [0.3, 0.4) is 0 Å². The van der Waals surface area contributed by atoms with E-state index in [0.29, 0.717) is 27.2 Å². The molecule has 0 amide bonds. The van der Waals surface area contributed by atoms with E-state index < -0.39 is 38.3 Å². The Morgan fingerprint density at radius 3 is 1.50 bits per heavy atom. The van der Waals surface area contributed by atoms with Crippen LogP contribution in [0.4, 0.5) is 8.78 Å². The van der Waals surface area contributed by atoms with E-state index >= 15 is 8.78 Å². The number of ether oxygens (including phenoxy) is 3. The topological polar surface area (TPSA) is 88.1 Å². The van der Waals surface area contributed by atoms with E-state index in [0.717, 1.165) is 0 Å². The van der Waals surface area contributed by atoms with Crippen LogP contribution in [0, 0.1) is 0 Å². The quantitative estimate of drug-likeness (QED) is 0.129. The average molecular weight is 589 g/mol. The van der Waals surface area contributed by atoms with Crippen LogP contribution < -0.4 is 0 Å². The predicted molar refractivity (Wildman–Crippen MR) is 140 cm³/mol. The number of carbonyl (C=O) groups excluding carboxylic acids is 1. The lowest BCUT2D eigenvalue weighted by Gasteiger charge is -2.39. The van der Waals surface area contributed by atoms with Gasteiger partial charge in [-0.3, -0.25) is 0 Å². The number of rotatable bonds is 15. The highest BCUT2D eigenvalue weighted by atomic mass is 35.5. The number of alkyl halides is 3. The van der Waals surface area contributed by atoms with Crippen molar-refractivity contribution in [2.75, 3.05) is 38.9 Å². The molecule has 3 aromatic rings. The van der Waals surface area contributed by atoms with E-state index in [-0.39, 0.29) is 19.8 Å². The van der Waals surface area contributed by atoms with Crippen LogP contribution in [0.25, 0.3) is 0 Å². The Kier molecular flexibility index (Phi) is 11.1. The van der Waals surface area contributed by atoms with E-state index in [1.165, 1.54) is 0 Å². The Morgan fingerprint density at radius 2 is 1.08 bits per heavy atom. The molecule has 7 nitrogen and oxygen atoms in total. The molecule has 206 valence electrons. The van der Waals surface area contributed by atoms with Gasteiger partial charge in [0.15, 0.2) is 0 Å². The molecule has 38 heavy (non-hydrogen) atoms. The number of hydrogen-bond acceptors (Lipinski definition) is 7. The molecule has 3 aromatic carbocycles. The van der Waals surface area contributed by atoms with Gasteiger partial charge in [-0.25, -0.2) is 8.42 Å². The summed E-state index contributed by atoms with van der Waals surface area (Å²) in [4.78, 5) is 13.3. The van der Waals surface area contributed by atoms with Gasteiger partial charge in [-0.1, -0.05) is 54.6 Å². The summed E-state index contributed by atoms with van der Waals surface area (Å²) in [6.45, 7) is -0.179. The molecule has 0 saturated carbocycles. The van der Waals surface area contributed by atoms with E-state index in [1.807, 2.05) is 0 Å². The highest BCUT2D eigenvalue weighted by Crippen LogP contribution is 2.70. The number of benzene rings is 3. The van der Waals surface area contributed by atoms with Crippen molar-refractivity contribution in [1.82, 2.24) is 0 Å². The fraction of sp³-hybridized carbons (Fsp3) is 0.269. The van der Waals surface area contributed by atoms with Gasteiger partial charge < -0.3 is 14.2 Å². The lowest BCUT2D eigenvalue weighted by Crippen LogP contribution is -2.41. The Balaban J connectivity index is 1.89. The van der Waals surface area contributed by atoms with Crippen molar-refractivity contribution in [3.05, 3.63) is 91.0 Å². The van der Waals surface area contributed by atoms with E-state index in [4.69, 9.17) is 24.7 Å². The molecule has 0 aliphatic heterocycles. The van der Waals surface area contributed by atoms with Gasteiger partial charge in [-0.05, 0) is 46.7 Å². The second-order valence-corrected chi connectivity index (χ2v) is 12.5. The van der Waals surface area contributed by atoms with Gasteiger partial charge >= 0.3 is 21.3 Å². The molecule has 0 spiro atoms. The first-order valence-corrected chi connectivity index (χ1v) is 15.0. The zero-order chi connectivity index (χ0) is 27.5. The monoisotopic (exact) mass is 588 g/mol. The third-order valence-corrected chi connectivity index (χ3v) is 10.3. The van der Waals surface area contributed by atoms with Crippen molar-refractivity contribution in [1.29, 1.82) is 0 Å². The van der Waals surface area contributed by atoms with Gasteiger partial charge in [0.2, 0.25) is 0 Å². The first kappa shape index (κ1) is 30.0. The molecule has 3 rings (SSSR count). The normalized spacial score (nSPS) is 12.7.